The summed E-state index contributed by atoms with van der Waals surface area (Å²) in [7, 11) is 1.73. The Hall–Kier alpha value is -2.44. The SMILES string of the molecule is Cn1cc(CNC(=O)c2cc(F)cc(N)c2F)cn1. The van der Waals surface area contributed by atoms with E-state index in [1.165, 1.54) is 0 Å². The zero-order valence-electron chi connectivity index (χ0n) is 10.2. The van der Waals surface area contributed by atoms with E-state index in [0.717, 1.165) is 17.7 Å². The maximum absolute atomic E-state index is 13.6. The molecular weight excluding hydrogens is 254 g/mol. The molecule has 0 spiro atoms. The molecule has 0 saturated heterocycles. The second-order valence-corrected chi connectivity index (χ2v) is 4.06. The topological polar surface area (TPSA) is 72.9 Å². The molecule has 1 amide bonds. The molecule has 7 heteroatoms. The standard InChI is InChI=1S/C12H12F2N4O/c1-18-6-7(5-17-18)4-16-12(19)9-2-8(13)3-10(15)11(9)14/h2-3,5-6H,4,15H2,1H3,(H,16,19). The van der Waals surface area contributed by atoms with E-state index in [4.69, 9.17) is 5.73 Å². The smallest absolute Gasteiger partial charge is 0.254 e. The number of nitrogens with one attached hydrogen (secondary N) is 1. The van der Waals surface area contributed by atoms with E-state index in [9.17, 15) is 13.6 Å². The van der Waals surface area contributed by atoms with Crippen LogP contribution in [0.4, 0.5) is 14.5 Å². The number of nitrogens with two attached hydrogens (primary N) is 1. The minimum Gasteiger partial charge on any atom is -0.396 e. The van der Waals surface area contributed by atoms with Crippen LogP contribution in [-0.4, -0.2) is 15.7 Å². The summed E-state index contributed by atoms with van der Waals surface area (Å²) in [6.07, 6.45) is 3.27. The number of hydrogen-bond donors (Lipinski definition) is 2. The lowest BCUT2D eigenvalue weighted by atomic mass is 10.1. The highest BCUT2D eigenvalue weighted by molar-refractivity contribution is 5.95. The zero-order valence-corrected chi connectivity index (χ0v) is 10.2. The molecule has 1 aromatic heterocycles. The summed E-state index contributed by atoms with van der Waals surface area (Å²) in [5.74, 6) is -2.41. The number of carbonyl (C=O) groups is 1. The molecule has 0 fully saturated rings. The van der Waals surface area contributed by atoms with Crippen LogP contribution in [0, 0.1) is 11.6 Å². The van der Waals surface area contributed by atoms with Gasteiger partial charge in [0.25, 0.3) is 5.91 Å². The van der Waals surface area contributed by atoms with E-state index in [0.29, 0.717) is 0 Å². The predicted octanol–water partition coefficient (Wildman–Crippen LogP) is 1.21. The van der Waals surface area contributed by atoms with Crippen LogP contribution < -0.4 is 11.1 Å². The van der Waals surface area contributed by atoms with Gasteiger partial charge in [-0.3, -0.25) is 9.48 Å². The van der Waals surface area contributed by atoms with Gasteiger partial charge in [-0.2, -0.15) is 5.10 Å². The average molecular weight is 266 g/mol. The Balaban J connectivity index is 2.12. The molecule has 0 unspecified atom stereocenters. The summed E-state index contributed by atoms with van der Waals surface area (Å²) < 4.78 is 28.3. The van der Waals surface area contributed by atoms with Crippen molar-refractivity contribution in [2.75, 3.05) is 5.73 Å². The minimum atomic E-state index is -0.926. The lowest BCUT2D eigenvalue weighted by molar-refractivity contribution is 0.0946. The second kappa shape index (κ2) is 5.05. The van der Waals surface area contributed by atoms with E-state index >= 15 is 0 Å². The van der Waals surface area contributed by atoms with Gasteiger partial charge in [-0.25, -0.2) is 8.78 Å². The van der Waals surface area contributed by atoms with E-state index in [-0.39, 0.29) is 6.54 Å². The van der Waals surface area contributed by atoms with Crippen LogP contribution in [0.15, 0.2) is 24.5 Å². The Kier molecular flexibility index (Phi) is 3.46. The number of rotatable bonds is 3. The number of benzene rings is 1. The van der Waals surface area contributed by atoms with Crippen LogP contribution in [0.5, 0.6) is 0 Å². The fourth-order valence-corrected chi connectivity index (χ4v) is 1.62. The number of anilines is 1. The molecule has 1 aromatic carbocycles. The van der Waals surface area contributed by atoms with Crippen molar-refractivity contribution in [1.82, 2.24) is 15.1 Å². The molecule has 100 valence electrons. The van der Waals surface area contributed by atoms with Gasteiger partial charge in [0.05, 0.1) is 17.4 Å². The van der Waals surface area contributed by atoms with Crippen molar-refractivity contribution >= 4 is 11.6 Å². The van der Waals surface area contributed by atoms with Crippen LogP contribution in [0.3, 0.4) is 0 Å². The lowest BCUT2D eigenvalue weighted by Gasteiger charge is -2.06. The quantitative estimate of drug-likeness (QED) is 0.820. The average Bonchev–Trinajstić information content (AvgIpc) is 2.76. The molecule has 0 bridgehead atoms. The zero-order chi connectivity index (χ0) is 14.0. The van der Waals surface area contributed by atoms with Crippen LogP contribution >= 0.6 is 0 Å². The van der Waals surface area contributed by atoms with Gasteiger partial charge in [0.2, 0.25) is 0 Å². The summed E-state index contributed by atoms with van der Waals surface area (Å²) in [4.78, 5) is 11.7. The minimum absolute atomic E-state index is 0.169. The molecule has 0 saturated carbocycles. The molecule has 5 nitrogen and oxygen atoms in total. The number of aryl methyl sites for hydroxylation is 1. The van der Waals surface area contributed by atoms with Crippen LogP contribution in [-0.2, 0) is 13.6 Å². The number of aromatic nitrogens is 2. The third-order valence-corrected chi connectivity index (χ3v) is 2.52. The molecule has 0 aliphatic carbocycles. The number of nitrogen functional groups attached to an aromatic ring is 1. The Morgan fingerprint density at radius 3 is 2.84 bits per heavy atom. The fraction of sp³-hybridized carbons (Fsp3) is 0.167. The Bertz CT molecular complexity index is 624. The van der Waals surface area contributed by atoms with Crippen molar-refractivity contribution < 1.29 is 13.6 Å². The Morgan fingerprint density at radius 1 is 1.47 bits per heavy atom. The van der Waals surface area contributed by atoms with E-state index < -0.39 is 28.8 Å². The first-order valence-electron chi connectivity index (χ1n) is 5.47. The highest BCUT2D eigenvalue weighted by Crippen LogP contribution is 2.17. The van der Waals surface area contributed by atoms with Crippen molar-refractivity contribution in [3.05, 3.63) is 47.3 Å². The highest BCUT2D eigenvalue weighted by atomic mass is 19.1. The molecule has 19 heavy (non-hydrogen) atoms. The van der Waals surface area contributed by atoms with Crippen molar-refractivity contribution in [1.29, 1.82) is 0 Å². The lowest BCUT2D eigenvalue weighted by Crippen LogP contribution is -2.24. The first-order chi connectivity index (χ1) is 8.97. The molecule has 0 aliphatic heterocycles. The summed E-state index contributed by atoms with van der Waals surface area (Å²) in [5, 5.41) is 6.39. The van der Waals surface area contributed by atoms with E-state index in [2.05, 4.69) is 10.4 Å². The predicted molar refractivity (Wildman–Crippen MR) is 65.1 cm³/mol. The van der Waals surface area contributed by atoms with E-state index in [1.54, 1.807) is 24.1 Å². The van der Waals surface area contributed by atoms with Gasteiger partial charge in [0, 0.05) is 25.4 Å². The van der Waals surface area contributed by atoms with Gasteiger partial charge in [-0.1, -0.05) is 0 Å². The maximum Gasteiger partial charge on any atom is 0.254 e. The third-order valence-electron chi connectivity index (χ3n) is 2.52. The molecule has 2 rings (SSSR count). The van der Waals surface area contributed by atoms with Crippen molar-refractivity contribution in [2.45, 2.75) is 6.54 Å². The monoisotopic (exact) mass is 266 g/mol. The maximum atomic E-state index is 13.6. The van der Waals surface area contributed by atoms with Crippen molar-refractivity contribution in [2.24, 2.45) is 7.05 Å². The van der Waals surface area contributed by atoms with Crippen molar-refractivity contribution in [3.8, 4) is 0 Å². The largest absolute Gasteiger partial charge is 0.396 e. The van der Waals surface area contributed by atoms with Gasteiger partial charge in [-0.05, 0) is 12.1 Å². The third kappa shape index (κ3) is 2.87. The van der Waals surface area contributed by atoms with Crippen molar-refractivity contribution in [3.63, 3.8) is 0 Å². The van der Waals surface area contributed by atoms with Gasteiger partial charge in [0.1, 0.15) is 5.82 Å². The summed E-state index contributed by atoms with van der Waals surface area (Å²) >= 11 is 0. The fourth-order valence-electron chi connectivity index (χ4n) is 1.62. The molecule has 0 atom stereocenters. The number of hydrogen-bond acceptors (Lipinski definition) is 3. The first kappa shape index (κ1) is 13.0. The number of amides is 1. The van der Waals surface area contributed by atoms with Crippen LogP contribution in [0.2, 0.25) is 0 Å². The summed E-state index contributed by atoms with van der Waals surface area (Å²) in [6, 6.07) is 1.64. The molecule has 3 N–H and O–H groups in total. The van der Waals surface area contributed by atoms with Crippen LogP contribution in [0.1, 0.15) is 15.9 Å². The number of carbonyl (C=O) groups excluding carboxylic acids is 1. The molecule has 0 aliphatic rings. The Morgan fingerprint density at radius 2 is 2.21 bits per heavy atom. The molecular formula is C12H12F2N4O. The summed E-state index contributed by atoms with van der Waals surface area (Å²) in [6.45, 7) is 0.169. The van der Waals surface area contributed by atoms with Gasteiger partial charge >= 0.3 is 0 Å². The second-order valence-electron chi connectivity index (χ2n) is 4.06. The van der Waals surface area contributed by atoms with E-state index in [1.807, 2.05) is 0 Å². The molecule has 0 radical (unpaired) electrons. The van der Waals surface area contributed by atoms with Gasteiger partial charge in [0.15, 0.2) is 5.82 Å². The van der Waals surface area contributed by atoms with Gasteiger partial charge in [-0.15, -0.1) is 0 Å². The number of halogens is 2. The normalized spacial score (nSPS) is 10.5. The molecule has 1 heterocycles. The van der Waals surface area contributed by atoms with Crippen LogP contribution in [0.25, 0.3) is 0 Å². The first-order valence-corrected chi connectivity index (χ1v) is 5.47. The molecule has 2 aromatic rings. The Labute approximate surface area is 108 Å². The van der Waals surface area contributed by atoms with Gasteiger partial charge < -0.3 is 11.1 Å². The summed E-state index contributed by atoms with van der Waals surface area (Å²) in [5.41, 5.74) is 5.20. The highest BCUT2D eigenvalue weighted by Gasteiger charge is 2.15. The number of nitrogens with zero attached hydrogens (tertiary/aromatic N) is 2.